The molecule has 0 bridgehead atoms. The fourth-order valence-corrected chi connectivity index (χ4v) is 2.39. The summed E-state index contributed by atoms with van der Waals surface area (Å²) in [5.41, 5.74) is 7.49. The molecule has 0 saturated heterocycles. The van der Waals surface area contributed by atoms with Crippen LogP contribution in [0.4, 0.5) is 10.1 Å². The van der Waals surface area contributed by atoms with Crippen molar-refractivity contribution >= 4 is 11.6 Å². The molecule has 1 amide bonds. The van der Waals surface area contributed by atoms with E-state index in [1.54, 1.807) is 4.90 Å². The van der Waals surface area contributed by atoms with E-state index in [0.717, 1.165) is 6.42 Å². The highest BCUT2D eigenvalue weighted by atomic mass is 19.1. The minimum absolute atomic E-state index is 0.0128. The minimum atomic E-state index is -0.491. The van der Waals surface area contributed by atoms with Crippen molar-refractivity contribution in [3.8, 4) is 0 Å². The number of hydrogen-bond acceptors (Lipinski definition) is 2. The Hall–Kier alpha value is -1.84. The number of carbonyl (C=O) groups excluding carboxylic acids is 1. The molecule has 0 radical (unpaired) electrons. The highest BCUT2D eigenvalue weighted by Crippen LogP contribution is 2.30. The zero-order chi connectivity index (χ0) is 14.9. The van der Waals surface area contributed by atoms with Gasteiger partial charge in [0, 0.05) is 18.7 Å². The summed E-state index contributed by atoms with van der Waals surface area (Å²) in [6.45, 7) is 7.83. The second-order valence-electron chi connectivity index (χ2n) is 6.22. The highest BCUT2D eigenvalue weighted by Gasteiger charge is 2.24. The SMILES string of the molecule is CC(C)(C)C1=CCN(C(=O)c2ccc(F)c(N)c2)CC1. The van der Waals surface area contributed by atoms with Crippen molar-refractivity contribution in [1.29, 1.82) is 0 Å². The van der Waals surface area contributed by atoms with Crippen LogP contribution in [-0.2, 0) is 0 Å². The number of nitrogens with two attached hydrogens (primary N) is 1. The Balaban J connectivity index is 2.12. The maximum Gasteiger partial charge on any atom is 0.254 e. The zero-order valence-corrected chi connectivity index (χ0v) is 12.2. The number of hydrogen-bond donors (Lipinski definition) is 1. The summed E-state index contributed by atoms with van der Waals surface area (Å²) >= 11 is 0. The second kappa shape index (κ2) is 5.27. The van der Waals surface area contributed by atoms with Crippen molar-refractivity contribution in [2.75, 3.05) is 18.8 Å². The Bertz CT molecular complexity index is 558. The van der Waals surface area contributed by atoms with Crippen LogP contribution in [0.1, 0.15) is 37.6 Å². The molecule has 3 nitrogen and oxygen atoms in total. The van der Waals surface area contributed by atoms with Gasteiger partial charge in [-0.25, -0.2) is 4.39 Å². The quantitative estimate of drug-likeness (QED) is 0.632. The number of carbonyl (C=O) groups is 1. The van der Waals surface area contributed by atoms with E-state index in [4.69, 9.17) is 5.73 Å². The molecule has 0 unspecified atom stereocenters. The zero-order valence-electron chi connectivity index (χ0n) is 12.2. The number of anilines is 1. The average Bonchev–Trinajstić information content (AvgIpc) is 2.40. The molecule has 1 aromatic carbocycles. The number of nitrogen functional groups attached to an aromatic ring is 1. The molecule has 2 rings (SSSR count). The Morgan fingerprint density at radius 3 is 2.55 bits per heavy atom. The molecule has 0 aliphatic carbocycles. The van der Waals surface area contributed by atoms with Crippen molar-refractivity contribution in [3.05, 3.63) is 41.2 Å². The summed E-state index contributed by atoms with van der Waals surface area (Å²) in [6.07, 6.45) is 3.00. The number of rotatable bonds is 1. The first kappa shape index (κ1) is 14.6. The smallest absolute Gasteiger partial charge is 0.254 e. The van der Waals surface area contributed by atoms with Gasteiger partial charge in [-0.3, -0.25) is 4.79 Å². The fourth-order valence-electron chi connectivity index (χ4n) is 2.39. The van der Waals surface area contributed by atoms with Crippen LogP contribution < -0.4 is 5.73 Å². The third-order valence-corrected chi connectivity index (χ3v) is 3.70. The van der Waals surface area contributed by atoms with Crippen molar-refractivity contribution in [1.82, 2.24) is 4.90 Å². The standard InChI is InChI=1S/C16H21FN2O/c1-16(2,3)12-6-8-19(9-7-12)15(20)11-4-5-13(17)14(18)10-11/h4-6,10H,7-9,18H2,1-3H3. The van der Waals surface area contributed by atoms with Crippen LogP contribution in [0.15, 0.2) is 29.8 Å². The lowest BCUT2D eigenvalue weighted by Gasteiger charge is -2.32. The molecule has 1 aliphatic rings. The van der Waals surface area contributed by atoms with Crippen molar-refractivity contribution < 1.29 is 9.18 Å². The van der Waals surface area contributed by atoms with Gasteiger partial charge in [0.15, 0.2) is 0 Å². The van der Waals surface area contributed by atoms with E-state index in [2.05, 4.69) is 26.8 Å². The van der Waals surface area contributed by atoms with E-state index in [1.165, 1.54) is 23.8 Å². The Morgan fingerprint density at radius 1 is 1.35 bits per heavy atom. The largest absolute Gasteiger partial charge is 0.396 e. The number of amides is 1. The summed E-state index contributed by atoms with van der Waals surface area (Å²) in [7, 11) is 0. The molecule has 0 saturated carbocycles. The summed E-state index contributed by atoms with van der Waals surface area (Å²) in [5, 5.41) is 0. The predicted octanol–water partition coefficient (Wildman–Crippen LogP) is 3.23. The second-order valence-corrected chi connectivity index (χ2v) is 6.22. The number of benzene rings is 1. The topological polar surface area (TPSA) is 46.3 Å². The third-order valence-electron chi connectivity index (χ3n) is 3.70. The number of halogens is 1. The lowest BCUT2D eigenvalue weighted by atomic mass is 9.83. The van der Waals surface area contributed by atoms with Crippen LogP contribution in [0.2, 0.25) is 0 Å². The Labute approximate surface area is 119 Å². The summed E-state index contributed by atoms with van der Waals surface area (Å²) < 4.78 is 13.1. The lowest BCUT2D eigenvalue weighted by Crippen LogP contribution is -2.36. The van der Waals surface area contributed by atoms with Gasteiger partial charge in [0.1, 0.15) is 5.82 Å². The normalized spacial score (nSPS) is 16.0. The maximum atomic E-state index is 13.1. The lowest BCUT2D eigenvalue weighted by molar-refractivity contribution is 0.0765. The molecule has 1 aromatic rings. The van der Waals surface area contributed by atoms with E-state index < -0.39 is 5.82 Å². The van der Waals surface area contributed by atoms with E-state index >= 15 is 0 Å². The van der Waals surface area contributed by atoms with Gasteiger partial charge in [0.05, 0.1) is 5.69 Å². The van der Waals surface area contributed by atoms with Gasteiger partial charge >= 0.3 is 0 Å². The van der Waals surface area contributed by atoms with Crippen LogP contribution in [0.25, 0.3) is 0 Å². The molecule has 20 heavy (non-hydrogen) atoms. The van der Waals surface area contributed by atoms with E-state index in [0.29, 0.717) is 18.7 Å². The summed E-state index contributed by atoms with van der Waals surface area (Å²) in [6, 6.07) is 4.13. The van der Waals surface area contributed by atoms with Gasteiger partial charge in [-0.15, -0.1) is 0 Å². The molecule has 4 heteroatoms. The first-order valence-corrected chi connectivity index (χ1v) is 6.83. The molecule has 0 fully saturated rings. The van der Waals surface area contributed by atoms with Crippen LogP contribution in [0.3, 0.4) is 0 Å². The molecule has 0 spiro atoms. The van der Waals surface area contributed by atoms with Gasteiger partial charge in [0.25, 0.3) is 5.91 Å². The van der Waals surface area contributed by atoms with Gasteiger partial charge in [-0.05, 0) is 30.0 Å². The Morgan fingerprint density at radius 2 is 2.05 bits per heavy atom. The third kappa shape index (κ3) is 3.00. The van der Waals surface area contributed by atoms with E-state index in [1.807, 2.05) is 0 Å². The molecular formula is C16H21FN2O. The van der Waals surface area contributed by atoms with Gasteiger partial charge in [-0.1, -0.05) is 32.4 Å². The summed E-state index contributed by atoms with van der Waals surface area (Å²) in [5.74, 6) is -0.587. The monoisotopic (exact) mass is 276 g/mol. The number of nitrogens with zero attached hydrogens (tertiary/aromatic N) is 1. The van der Waals surface area contributed by atoms with Gasteiger partial charge < -0.3 is 10.6 Å². The molecule has 1 aliphatic heterocycles. The van der Waals surface area contributed by atoms with Crippen LogP contribution in [-0.4, -0.2) is 23.9 Å². The predicted molar refractivity (Wildman–Crippen MR) is 78.9 cm³/mol. The van der Waals surface area contributed by atoms with Crippen molar-refractivity contribution in [2.24, 2.45) is 5.41 Å². The molecule has 108 valence electrons. The van der Waals surface area contributed by atoms with Crippen LogP contribution >= 0.6 is 0 Å². The molecular weight excluding hydrogens is 255 g/mol. The Kier molecular flexibility index (Phi) is 3.84. The van der Waals surface area contributed by atoms with Crippen LogP contribution in [0.5, 0.6) is 0 Å². The van der Waals surface area contributed by atoms with Gasteiger partial charge in [-0.2, -0.15) is 0 Å². The van der Waals surface area contributed by atoms with E-state index in [9.17, 15) is 9.18 Å². The maximum absolute atomic E-state index is 13.1. The summed E-state index contributed by atoms with van der Waals surface area (Å²) in [4.78, 5) is 14.1. The fraction of sp³-hybridized carbons (Fsp3) is 0.438. The minimum Gasteiger partial charge on any atom is -0.396 e. The molecule has 0 aromatic heterocycles. The average molecular weight is 276 g/mol. The first-order chi connectivity index (χ1) is 9.29. The van der Waals surface area contributed by atoms with Crippen molar-refractivity contribution in [2.45, 2.75) is 27.2 Å². The van der Waals surface area contributed by atoms with Gasteiger partial charge in [0.2, 0.25) is 0 Å². The first-order valence-electron chi connectivity index (χ1n) is 6.83. The highest BCUT2D eigenvalue weighted by molar-refractivity contribution is 5.95. The molecule has 1 heterocycles. The van der Waals surface area contributed by atoms with Crippen LogP contribution in [0, 0.1) is 11.2 Å². The molecule has 0 atom stereocenters. The van der Waals surface area contributed by atoms with E-state index in [-0.39, 0.29) is 17.0 Å². The molecule has 2 N–H and O–H groups in total. The van der Waals surface area contributed by atoms with Crippen molar-refractivity contribution in [3.63, 3.8) is 0 Å².